The van der Waals surface area contributed by atoms with Crippen molar-refractivity contribution in [1.82, 2.24) is 15.3 Å². The van der Waals surface area contributed by atoms with E-state index in [0.717, 1.165) is 13.1 Å². The summed E-state index contributed by atoms with van der Waals surface area (Å²) in [5.74, 6) is 0.298. The van der Waals surface area contributed by atoms with Gasteiger partial charge < -0.3 is 10.2 Å². The molecule has 0 unspecified atom stereocenters. The van der Waals surface area contributed by atoms with Gasteiger partial charge in [-0.3, -0.25) is 10.1 Å². The second kappa shape index (κ2) is 4.58. The summed E-state index contributed by atoms with van der Waals surface area (Å²) in [5, 5.41) is 13.9. The Morgan fingerprint density at radius 2 is 2.12 bits per heavy atom. The average Bonchev–Trinajstić information content (AvgIpc) is 2.29. The lowest BCUT2D eigenvalue weighted by Crippen LogP contribution is -2.44. The van der Waals surface area contributed by atoms with Gasteiger partial charge in [0.2, 0.25) is 11.0 Å². The Balaban J connectivity index is 2.38. The number of anilines is 1. The zero-order chi connectivity index (χ0) is 11.5. The molecule has 1 aliphatic rings. The highest BCUT2D eigenvalue weighted by Crippen LogP contribution is 2.31. The summed E-state index contributed by atoms with van der Waals surface area (Å²) in [6.07, 6.45) is 1.24. The largest absolute Gasteiger partial charge is 0.348 e. The fraction of sp³-hybridized carbons (Fsp3) is 0.500. The molecule has 1 saturated heterocycles. The van der Waals surface area contributed by atoms with Crippen LogP contribution in [0.2, 0.25) is 5.15 Å². The Morgan fingerprint density at radius 3 is 2.75 bits per heavy atom. The van der Waals surface area contributed by atoms with Crippen LogP contribution in [-0.2, 0) is 0 Å². The number of rotatable bonds is 2. The number of piperazine rings is 1. The minimum Gasteiger partial charge on any atom is -0.348 e. The molecule has 7 nitrogen and oxygen atoms in total. The van der Waals surface area contributed by atoms with E-state index in [0.29, 0.717) is 18.9 Å². The number of aromatic nitrogens is 2. The number of halogens is 1. The lowest BCUT2D eigenvalue weighted by Gasteiger charge is -2.27. The minimum atomic E-state index is -0.542. The first kappa shape index (κ1) is 11.0. The van der Waals surface area contributed by atoms with Gasteiger partial charge in [0.15, 0.2) is 0 Å². The van der Waals surface area contributed by atoms with E-state index >= 15 is 0 Å². The third kappa shape index (κ3) is 2.05. The standard InChI is InChI=1S/C8H10ClN5O2/c9-7-6(14(15)16)8(12-5-11-7)13-3-1-10-2-4-13/h5,10H,1-4H2. The highest BCUT2D eigenvalue weighted by atomic mass is 35.5. The SMILES string of the molecule is O=[N+]([O-])c1c(Cl)ncnc1N1CCNCC1. The zero-order valence-electron chi connectivity index (χ0n) is 8.39. The van der Waals surface area contributed by atoms with Gasteiger partial charge in [-0.05, 0) is 0 Å². The summed E-state index contributed by atoms with van der Waals surface area (Å²) in [5.41, 5.74) is -0.217. The fourth-order valence-corrected chi connectivity index (χ4v) is 1.81. The maximum Gasteiger partial charge on any atom is 0.348 e. The predicted octanol–water partition coefficient (Wildman–Crippen LogP) is 0.448. The molecule has 1 aromatic rings. The van der Waals surface area contributed by atoms with Crippen LogP contribution < -0.4 is 10.2 Å². The number of nitrogens with one attached hydrogen (secondary N) is 1. The van der Waals surface area contributed by atoms with E-state index in [4.69, 9.17) is 11.6 Å². The summed E-state index contributed by atoms with van der Waals surface area (Å²) in [4.78, 5) is 19.7. The first-order valence-corrected chi connectivity index (χ1v) is 5.18. The molecule has 0 aromatic carbocycles. The summed E-state index contributed by atoms with van der Waals surface area (Å²) < 4.78 is 0. The van der Waals surface area contributed by atoms with Gasteiger partial charge in [-0.15, -0.1) is 0 Å². The number of hydrogen-bond acceptors (Lipinski definition) is 6. The Bertz CT molecular complexity index is 407. The smallest absolute Gasteiger partial charge is 0.348 e. The van der Waals surface area contributed by atoms with Gasteiger partial charge in [0.1, 0.15) is 6.33 Å². The molecular weight excluding hydrogens is 234 g/mol. The van der Waals surface area contributed by atoms with Crippen LogP contribution in [0, 0.1) is 10.1 Å². The van der Waals surface area contributed by atoms with E-state index in [-0.39, 0.29) is 10.8 Å². The third-order valence-electron chi connectivity index (χ3n) is 2.36. The normalized spacial score (nSPS) is 16.2. The molecule has 16 heavy (non-hydrogen) atoms. The molecule has 8 heteroatoms. The zero-order valence-corrected chi connectivity index (χ0v) is 9.15. The van der Waals surface area contributed by atoms with Crippen molar-refractivity contribution in [3.8, 4) is 0 Å². The monoisotopic (exact) mass is 243 g/mol. The van der Waals surface area contributed by atoms with E-state index in [1.807, 2.05) is 4.90 Å². The topological polar surface area (TPSA) is 84.2 Å². The lowest BCUT2D eigenvalue weighted by atomic mass is 10.3. The fourth-order valence-electron chi connectivity index (χ4n) is 1.61. The molecule has 1 aliphatic heterocycles. The maximum absolute atomic E-state index is 10.9. The summed E-state index contributed by atoms with van der Waals surface area (Å²) in [6, 6.07) is 0. The van der Waals surface area contributed by atoms with Crippen LogP contribution in [0.25, 0.3) is 0 Å². The molecule has 0 saturated carbocycles. The molecule has 1 N–H and O–H groups in total. The predicted molar refractivity (Wildman–Crippen MR) is 58.8 cm³/mol. The van der Waals surface area contributed by atoms with Crippen molar-refractivity contribution >= 4 is 23.1 Å². The van der Waals surface area contributed by atoms with Crippen LogP contribution in [0.15, 0.2) is 6.33 Å². The summed E-state index contributed by atoms with van der Waals surface area (Å²) >= 11 is 5.71. The molecule has 0 amide bonds. The van der Waals surface area contributed by atoms with E-state index in [9.17, 15) is 10.1 Å². The van der Waals surface area contributed by atoms with Crippen LogP contribution in [0.5, 0.6) is 0 Å². The van der Waals surface area contributed by atoms with E-state index in [1.54, 1.807) is 0 Å². The van der Waals surface area contributed by atoms with E-state index < -0.39 is 4.92 Å². The van der Waals surface area contributed by atoms with Crippen LogP contribution in [0.4, 0.5) is 11.5 Å². The molecule has 2 heterocycles. The number of nitro groups is 1. The molecule has 86 valence electrons. The summed E-state index contributed by atoms with van der Waals surface area (Å²) in [6.45, 7) is 2.90. The molecule has 0 atom stereocenters. The molecule has 2 rings (SSSR count). The van der Waals surface area contributed by atoms with Gasteiger partial charge in [0.05, 0.1) is 4.92 Å². The van der Waals surface area contributed by atoms with Crippen molar-refractivity contribution in [2.45, 2.75) is 0 Å². The van der Waals surface area contributed by atoms with Crippen LogP contribution in [0.3, 0.4) is 0 Å². The van der Waals surface area contributed by atoms with Gasteiger partial charge in [0.25, 0.3) is 0 Å². The van der Waals surface area contributed by atoms with Crippen molar-refractivity contribution in [2.75, 3.05) is 31.1 Å². The van der Waals surface area contributed by atoms with Crippen molar-refractivity contribution in [1.29, 1.82) is 0 Å². The van der Waals surface area contributed by atoms with Crippen LogP contribution in [-0.4, -0.2) is 41.1 Å². The highest BCUT2D eigenvalue weighted by Gasteiger charge is 2.26. The Kier molecular flexibility index (Phi) is 3.16. The molecule has 0 aliphatic carbocycles. The lowest BCUT2D eigenvalue weighted by molar-refractivity contribution is -0.384. The van der Waals surface area contributed by atoms with Crippen molar-refractivity contribution in [3.05, 3.63) is 21.6 Å². The van der Waals surface area contributed by atoms with Gasteiger partial charge in [0, 0.05) is 26.2 Å². The van der Waals surface area contributed by atoms with E-state index in [1.165, 1.54) is 6.33 Å². The highest BCUT2D eigenvalue weighted by molar-refractivity contribution is 6.31. The van der Waals surface area contributed by atoms with Crippen LogP contribution >= 0.6 is 11.6 Å². The van der Waals surface area contributed by atoms with Crippen molar-refractivity contribution in [3.63, 3.8) is 0 Å². The van der Waals surface area contributed by atoms with Gasteiger partial charge in [-0.1, -0.05) is 11.6 Å². The molecule has 0 spiro atoms. The molecule has 0 bridgehead atoms. The first-order chi connectivity index (χ1) is 7.70. The molecule has 1 fully saturated rings. The quantitative estimate of drug-likeness (QED) is 0.461. The third-order valence-corrected chi connectivity index (χ3v) is 2.63. The number of nitrogens with zero attached hydrogens (tertiary/aromatic N) is 4. The van der Waals surface area contributed by atoms with Crippen molar-refractivity contribution in [2.24, 2.45) is 0 Å². The molecule has 0 radical (unpaired) electrons. The Labute approximate surface area is 96.6 Å². The van der Waals surface area contributed by atoms with Crippen molar-refractivity contribution < 1.29 is 4.92 Å². The van der Waals surface area contributed by atoms with Gasteiger partial charge in [-0.2, -0.15) is 0 Å². The Hall–Kier alpha value is -1.47. The van der Waals surface area contributed by atoms with Crippen LogP contribution in [0.1, 0.15) is 0 Å². The summed E-state index contributed by atoms with van der Waals surface area (Å²) in [7, 11) is 0. The van der Waals surface area contributed by atoms with Gasteiger partial charge in [-0.25, -0.2) is 9.97 Å². The first-order valence-electron chi connectivity index (χ1n) is 4.80. The number of hydrogen-bond donors (Lipinski definition) is 1. The second-order valence-electron chi connectivity index (χ2n) is 3.33. The molecule has 1 aromatic heterocycles. The molecular formula is C8H10ClN5O2. The Morgan fingerprint density at radius 1 is 1.44 bits per heavy atom. The van der Waals surface area contributed by atoms with E-state index in [2.05, 4.69) is 15.3 Å². The average molecular weight is 244 g/mol. The maximum atomic E-state index is 10.9. The minimum absolute atomic E-state index is 0.117. The van der Waals surface area contributed by atoms with Gasteiger partial charge >= 0.3 is 5.69 Å². The second-order valence-corrected chi connectivity index (χ2v) is 3.69.